The van der Waals surface area contributed by atoms with Crippen molar-refractivity contribution >= 4 is 11.9 Å². The molecule has 0 spiro atoms. The largest absolute Gasteiger partial charge is 0.494 e. The van der Waals surface area contributed by atoms with Gasteiger partial charge in [-0.2, -0.15) is 0 Å². The molecule has 0 bridgehead atoms. The molecule has 2 N–H and O–H groups in total. The van der Waals surface area contributed by atoms with Crippen molar-refractivity contribution in [2.45, 2.75) is 53.5 Å². The first-order valence-corrected chi connectivity index (χ1v) is 9.48. The number of rotatable bonds is 9. The van der Waals surface area contributed by atoms with Crippen LogP contribution in [0.2, 0.25) is 0 Å². The Balaban J connectivity index is 1.82. The highest BCUT2D eigenvalue weighted by molar-refractivity contribution is 5.76. The second-order valence-electron chi connectivity index (χ2n) is 6.77. The Morgan fingerprint density at radius 2 is 1.85 bits per heavy atom. The molecule has 6 nitrogen and oxygen atoms in total. The van der Waals surface area contributed by atoms with Gasteiger partial charge in [0.1, 0.15) is 5.75 Å². The molecule has 1 aromatic carbocycles. The molecule has 0 radical (unpaired) electrons. The number of carbonyl (C=O) groups is 1. The fraction of sp³-hybridized carbons (Fsp3) is 0.476. The van der Waals surface area contributed by atoms with Crippen molar-refractivity contribution in [3.8, 4) is 5.75 Å². The van der Waals surface area contributed by atoms with Gasteiger partial charge in [-0.15, -0.1) is 0 Å². The van der Waals surface area contributed by atoms with Crippen LogP contribution in [-0.4, -0.2) is 29.0 Å². The van der Waals surface area contributed by atoms with Crippen molar-refractivity contribution in [1.29, 1.82) is 0 Å². The second kappa shape index (κ2) is 9.90. The molecule has 0 aliphatic rings. The molecule has 1 aromatic heterocycles. The van der Waals surface area contributed by atoms with Crippen LogP contribution in [0.25, 0.3) is 0 Å². The van der Waals surface area contributed by atoms with Gasteiger partial charge in [0.05, 0.1) is 12.6 Å². The Bertz CT molecular complexity index is 757. The fourth-order valence-electron chi connectivity index (χ4n) is 2.94. The summed E-state index contributed by atoms with van der Waals surface area (Å²) >= 11 is 0. The van der Waals surface area contributed by atoms with E-state index in [1.54, 1.807) is 0 Å². The van der Waals surface area contributed by atoms with E-state index in [1.165, 1.54) is 0 Å². The average Bonchev–Trinajstić information content (AvgIpc) is 2.59. The van der Waals surface area contributed by atoms with Crippen molar-refractivity contribution in [3.63, 3.8) is 0 Å². The summed E-state index contributed by atoms with van der Waals surface area (Å²) < 4.78 is 5.69. The number of hydrogen-bond donors (Lipinski definition) is 2. The molecule has 1 heterocycles. The van der Waals surface area contributed by atoms with Gasteiger partial charge >= 0.3 is 0 Å². The first-order valence-electron chi connectivity index (χ1n) is 9.48. The average molecular weight is 370 g/mol. The maximum Gasteiger partial charge on any atom is 0.223 e. The van der Waals surface area contributed by atoms with Crippen LogP contribution < -0.4 is 15.4 Å². The Hall–Kier alpha value is -2.63. The number of aryl methyl sites for hydroxylation is 3. The fourth-order valence-corrected chi connectivity index (χ4v) is 2.94. The Morgan fingerprint density at radius 1 is 1.15 bits per heavy atom. The molecule has 2 aromatic rings. The predicted octanol–water partition coefficient (Wildman–Crippen LogP) is 3.87. The zero-order chi connectivity index (χ0) is 19.8. The Labute approximate surface area is 161 Å². The molecule has 0 aliphatic carbocycles. The van der Waals surface area contributed by atoms with E-state index in [9.17, 15) is 4.79 Å². The third kappa shape index (κ3) is 6.55. The van der Waals surface area contributed by atoms with Gasteiger partial charge < -0.3 is 15.4 Å². The molecule has 1 atom stereocenters. The summed E-state index contributed by atoms with van der Waals surface area (Å²) in [7, 11) is 0. The number of ether oxygens (including phenoxy) is 1. The lowest BCUT2D eigenvalue weighted by molar-refractivity contribution is -0.121. The number of hydrogen-bond acceptors (Lipinski definition) is 5. The number of nitrogens with one attached hydrogen (secondary N) is 2. The lowest BCUT2D eigenvalue weighted by Gasteiger charge is -2.19. The molecule has 1 unspecified atom stereocenters. The predicted molar refractivity (Wildman–Crippen MR) is 108 cm³/mol. The topological polar surface area (TPSA) is 76.1 Å². The standard InChI is InChI=1S/C21H30N4O2/c1-6-27-19-10-9-14(2)12-18(19)17(5)25-20(26)8-7-11-22-21-23-15(3)13-16(4)24-21/h9-10,12-13,17H,6-8,11H2,1-5H3,(H,25,26)(H,22,23,24). The first-order chi connectivity index (χ1) is 12.9. The second-order valence-corrected chi connectivity index (χ2v) is 6.77. The van der Waals surface area contributed by atoms with Gasteiger partial charge in [-0.25, -0.2) is 9.97 Å². The number of amides is 1. The van der Waals surface area contributed by atoms with E-state index in [4.69, 9.17) is 4.74 Å². The minimum absolute atomic E-state index is 0.0228. The summed E-state index contributed by atoms with van der Waals surface area (Å²) in [5, 5.41) is 6.24. The maximum absolute atomic E-state index is 12.3. The molecule has 1 amide bonds. The third-order valence-electron chi connectivity index (χ3n) is 4.16. The molecule has 2 rings (SSSR count). The van der Waals surface area contributed by atoms with Crippen molar-refractivity contribution in [3.05, 3.63) is 46.8 Å². The Kier molecular flexibility index (Phi) is 7.58. The van der Waals surface area contributed by atoms with E-state index >= 15 is 0 Å². The minimum Gasteiger partial charge on any atom is -0.494 e. The molecular formula is C21H30N4O2. The van der Waals surface area contributed by atoms with Crippen LogP contribution >= 0.6 is 0 Å². The van der Waals surface area contributed by atoms with E-state index in [-0.39, 0.29) is 11.9 Å². The summed E-state index contributed by atoms with van der Waals surface area (Å²) in [4.78, 5) is 21.0. The highest BCUT2D eigenvalue weighted by Crippen LogP contribution is 2.26. The summed E-state index contributed by atoms with van der Waals surface area (Å²) in [6, 6.07) is 7.88. The van der Waals surface area contributed by atoms with Crippen LogP contribution in [-0.2, 0) is 4.79 Å². The molecule has 6 heteroatoms. The van der Waals surface area contributed by atoms with Crippen LogP contribution in [0, 0.1) is 20.8 Å². The molecule has 0 aliphatic heterocycles. The van der Waals surface area contributed by atoms with Crippen molar-refractivity contribution in [2.75, 3.05) is 18.5 Å². The quantitative estimate of drug-likeness (QED) is 0.655. The zero-order valence-corrected chi connectivity index (χ0v) is 16.9. The van der Waals surface area contributed by atoms with Crippen LogP contribution in [0.3, 0.4) is 0 Å². The summed E-state index contributed by atoms with van der Waals surface area (Å²) in [5.41, 5.74) is 4.01. The third-order valence-corrected chi connectivity index (χ3v) is 4.16. The van der Waals surface area contributed by atoms with Gasteiger partial charge in [-0.1, -0.05) is 17.7 Å². The Morgan fingerprint density at radius 3 is 2.52 bits per heavy atom. The van der Waals surface area contributed by atoms with Gasteiger partial charge in [0.25, 0.3) is 0 Å². The number of nitrogens with zero attached hydrogens (tertiary/aromatic N) is 2. The zero-order valence-electron chi connectivity index (χ0n) is 16.9. The van der Waals surface area contributed by atoms with Crippen molar-refractivity contribution < 1.29 is 9.53 Å². The summed E-state index contributed by atoms with van der Waals surface area (Å²) in [6.07, 6.45) is 1.15. The highest BCUT2D eigenvalue weighted by atomic mass is 16.5. The van der Waals surface area contributed by atoms with Crippen LogP contribution in [0.1, 0.15) is 55.2 Å². The van der Waals surface area contributed by atoms with Crippen LogP contribution in [0.5, 0.6) is 5.75 Å². The van der Waals surface area contributed by atoms with Gasteiger partial charge in [0.15, 0.2) is 0 Å². The van der Waals surface area contributed by atoms with Crippen molar-refractivity contribution in [2.24, 2.45) is 0 Å². The molecule has 27 heavy (non-hydrogen) atoms. The summed E-state index contributed by atoms with van der Waals surface area (Å²) in [6.45, 7) is 11.1. The first kappa shape index (κ1) is 20.7. The normalized spacial score (nSPS) is 11.7. The van der Waals surface area contributed by atoms with Crippen LogP contribution in [0.15, 0.2) is 24.3 Å². The van der Waals surface area contributed by atoms with E-state index in [0.717, 1.165) is 28.3 Å². The SMILES string of the molecule is CCOc1ccc(C)cc1C(C)NC(=O)CCCNc1nc(C)cc(C)n1. The van der Waals surface area contributed by atoms with Crippen molar-refractivity contribution in [1.82, 2.24) is 15.3 Å². The van der Waals surface area contributed by atoms with Gasteiger partial charge in [0, 0.05) is 29.9 Å². The lowest BCUT2D eigenvalue weighted by atomic mass is 10.0. The monoisotopic (exact) mass is 370 g/mol. The van der Waals surface area contributed by atoms with Gasteiger partial charge in [-0.3, -0.25) is 4.79 Å². The van der Waals surface area contributed by atoms with E-state index in [0.29, 0.717) is 31.9 Å². The number of aromatic nitrogens is 2. The molecular weight excluding hydrogens is 340 g/mol. The number of anilines is 1. The van der Waals surface area contributed by atoms with E-state index < -0.39 is 0 Å². The molecule has 0 fully saturated rings. The molecule has 0 saturated heterocycles. The van der Waals surface area contributed by atoms with Gasteiger partial charge in [0.2, 0.25) is 11.9 Å². The molecule has 0 saturated carbocycles. The minimum atomic E-state index is -0.102. The van der Waals surface area contributed by atoms with Crippen LogP contribution in [0.4, 0.5) is 5.95 Å². The highest BCUT2D eigenvalue weighted by Gasteiger charge is 2.14. The maximum atomic E-state index is 12.3. The van der Waals surface area contributed by atoms with E-state index in [1.807, 2.05) is 52.8 Å². The number of carbonyl (C=O) groups excluding carboxylic acids is 1. The lowest BCUT2D eigenvalue weighted by Crippen LogP contribution is -2.27. The number of benzene rings is 1. The molecule has 146 valence electrons. The smallest absolute Gasteiger partial charge is 0.223 e. The van der Waals surface area contributed by atoms with Gasteiger partial charge in [-0.05, 0) is 53.2 Å². The summed E-state index contributed by atoms with van der Waals surface area (Å²) in [5.74, 6) is 1.46. The van der Waals surface area contributed by atoms with E-state index in [2.05, 4.69) is 26.7 Å².